The number of aryl methyl sites for hydroxylation is 1. The summed E-state index contributed by atoms with van der Waals surface area (Å²) in [5, 5.41) is 11.9. The first-order chi connectivity index (χ1) is 8.56. The van der Waals surface area contributed by atoms with E-state index in [1.54, 1.807) is 0 Å². The molecule has 0 bridgehead atoms. The molecule has 0 radical (unpaired) electrons. The van der Waals surface area contributed by atoms with Gasteiger partial charge in [0, 0.05) is 10.2 Å². The second kappa shape index (κ2) is 5.27. The van der Waals surface area contributed by atoms with Crippen molar-refractivity contribution in [3.05, 3.63) is 51.9 Å². The number of carboxylic acid groups (broad SMARTS) is 1. The van der Waals surface area contributed by atoms with E-state index in [1.807, 2.05) is 25.1 Å². The van der Waals surface area contributed by atoms with Crippen molar-refractivity contribution in [2.45, 2.75) is 13.5 Å². The van der Waals surface area contributed by atoms with E-state index < -0.39 is 5.97 Å². The second-order valence-corrected chi connectivity index (χ2v) is 4.78. The monoisotopic (exact) mass is 309 g/mol. The molecule has 0 unspecified atom stereocenters. The predicted molar refractivity (Wildman–Crippen MR) is 71.9 cm³/mol. The lowest BCUT2D eigenvalue weighted by Crippen LogP contribution is -1.98. The zero-order chi connectivity index (χ0) is 13.1. The molecule has 0 atom stereocenters. The van der Waals surface area contributed by atoms with Crippen LogP contribution in [0.1, 0.15) is 21.7 Å². The molecule has 0 saturated heterocycles. The number of carboxylic acids is 1. The van der Waals surface area contributed by atoms with Crippen LogP contribution in [0, 0.1) is 6.92 Å². The summed E-state index contributed by atoms with van der Waals surface area (Å²) >= 11 is 3.43. The molecule has 0 aliphatic rings. The lowest BCUT2D eigenvalue weighted by Gasteiger charge is -2.06. The highest BCUT2D eigenvalue weighted by Crippen LogP contribution is 2.20. The Balaban J connectivity index is 2.02. The van der Waals surface area contributed by atoms with Crippen molar-refractivity contribution >= 4 is 27.6 Å². The van der Waals surface area contributed by atoms with Gasteiger partial charge < -0.3 is 14.8 Å². The van der Waals surface area contributed by atoms with Crippen LogP contribution in [0.3, 0.4) is 0 Å². The lowest BCUT2D eigenvalue weighted by molar-refractivity contribution is 0.0696. The number of halogens is 1. The minimum Gasteiger partial charge on any atom is -0.478 e. The summed E-state index contributed by atoms with van der Waals surface area (Å²) in [5.41, 5.74) is 2.26. The molecule has 94 valence electrons. The Morgan fingerprint density at radius 2 is 2.22 bits per heavy atom. The molecule has 0 aliphatic heterocycles. The molecule has 2 rings (SSSR count). The van der Waals surface area contributed by atoms with Gasteiger partial charge in [-0.3, -0.25) is 0 Å². The van der Waals surface area contributed by atoms with Crippen molar-refractivity contribution < 1.29 is 14.3 Å². The molecule has 0 spiro atoms. The molecule has 4 nitrogen and oxygen atoms in total. The molecule has 5 heteroatoms. The molecule has 1 aromatic carbocycles. The summed E-state index contributed by atoms with van der Waals surface area (Å²) in [4.78, 5) is 10.7. The summed E-state index contributed by atoms with van der Waals surface area (Å²) in [7, 11) is 0. The third kappa shape index (κ3) is 2.92. The van der Waals surface area contributed by atoms with Crippen LogP contribution in [-0.4, -0.2) is 11.1 Å². The smallest absolute Gasteiger partial charge is 0.338 e. The van der Waals surface area contributed by atoms with E-state index in [0.717, 1.165) is 15.7 Å². The number of benzene rings is 1. The molecule has 0 fully saturated rings. The minimum atomic E-state index is -0.982. The Morgan fingerprint density at radius 3 is 2.83 bits per heavy atom. The largest absolute Gasteiger partial charge is 0.478 e. The first-order valence-electron chi connectivity index (χ1n) is 5.37. The van der Waals surface area contributed by atoms with Gasteiger partial charge in [0.15, 0.2) is 0 Å². The van der Waals surface area contributed by atoms with Gasteiger partial charge in [0.25, 0.3) is 0 Å². The second-order valence-electron chi connectivity index (χ2n) is 3.92. The van der Waals surface area contributed by atoms with Gasteiger partial charge in [-0.1, -0.05) is 15.9 Å². The maximum atomic E-state index is 10.7. The van der Waals surface area contributed by atoms with Crippen LogP contribution >= 0.6 is 15.9 Å². The molecule has 2 N–H and O–H groups in total. The molecule has 0 saturated carbocycles. The van der Waals surface area contributed by atoms with Crippen LogP contribution in [0.4, 0.5) is 5.69 Å². The van der Waals surface area contributed by atoms with Crippen LogP contribution in [0.25, 0.3) is 0 Å². The average Bonchev–Trinajstić information content (AvgIpc) is 2.79. The third-order valence-corrected chi connectivity index (χ3v) is 3.42. The quantitative estimate of drug-likeness (QED) is 0.904. The minimum absolute atomic E-state index is 0.166. The van der Waals surface area contributed by atoms with Crippen molar-refractivity contribution in [2.24, 2.45) is 0 Å². The highest BCUT2D eigenvalue weighted by molar-refractivity contribution is 9.10. The Morgan fingerprint density at radius 1 is 1.44 bits per heavy atom. The van der Waals surface area contributed by atoms with Crippen LogP contribution in [0.2, 0.25) is 0 Å². The fourth-order valence-electron chi connectivity index (χ4n) is 1.53. The SMILES string of the molecule is Cc1cc(NCc2cc(C(=O)O)co2)ccc1Br. The van der Waals surface area contributed by atoms with Gasteiger partial charge in [-0.2, -0.15) is 0 Å². The molecule has 1 heterocycles. The average molecular weight is 310 g/mol. The maximum absolute atomic E-state index is 10.7. The van der Waals surface area contributed by atoms with Crippen LogP contribution in [-0.2, 0) is 6.54 Å². The Labute approximate surface area is 113 Å². The highest BCUT2D eigenvalue weighted by atomic mass is 79.9. The number of rotatable bonds is 4. The van der Waals surface area contributed by atoms with Gasteiger partial charge in [-0.15, -0.1) is 0 Å². The van der Waals surface area contributed by atoms with E-state index in [0.29, 0.717) is 12.3 Å². The van der Waals surface area contributed by atoms with Crippen molar-refractivity contribution in [2.75, 3.05) is 5.32 Å². The zero-order valence-corrected chi connectivity index (χ0v) is 11.3. The predicted octanol–water partition coefficient (Wildman–Crippen LogP) is 3.66. The van der Waals surface area contributed by atoms with Crippen molar-refractivity contribution in [3.8, 4) is 0 Å². The number of hydrogen-bond acceptors (Lipinski definition) is 3. The number of nitrogens with one attached hydrogen (secondary N) is 1. The third-order valence-electron chi connectivity index (χ3n) is 2.53. The standard InChI is InChI=1S/C13H12BrNO3/c1-8-4-10(2-3-12(8)14)15-6-11-5-9(7-18-11)13(16)17/h2-5,7,15H,6H2,1H3,(H,16,17). The highest BCUT2D eigenvalue weighted by Gasteiger charge is 2.07. The van der Waals surface area contributed by atoms with E-state index in [9.17, 15) is 4.79 Å². The van der Waals surface area contributed by atoms with E-state index in [2.05, 4.69) is 21.2 Å². The zero-order valence-electron chi connectivity index (χ0n) is 9.74. The molecule has 0 aliphatic carbocycles. The first-order valence-corrected chi connectivity index (χ1v) is 6.16. The Bertz CT molecular complexity index is 577. The number of furan rings is 1. The number of anilines is 1. The van der Waals surface area contributed by atoms with Crippen molar-refractivity contribution in [1.29, 1.82) is 0 Å². The van der Waals surface area contributed by atoms with Gasteiger partial charge >= 0.3 is 5.97 Å². The van der Waals surface area contributed by atoms with Crippen LogP contribution < -0.4 is 5.32 Å². The lowest BCUT2D eigenvalue weighted by atomic mass is 10.2. The van der Waals surface area contributed by atoms with Crippen molar-refractivity contribution in [1.82, 2.24) is 0 Å². The van der Waals surface area contributed by atoms with E-state index in [1.165, 1.54) is 12.3 Å². The summed E-state index contributed by atoms with van der Waals surface area (Å²) in [6.07, 6.45) is 1.24. The molecule has 1 aromatic heterocycles. The van der Waals surface area contributed by atoms with Gasteiger partial charge in [0.05, 0.1) is 12.1 Å². The summed E-state index contributed by atoms with van der Waals surface area (Å²) in [5.74, 6) is -0.391. The molecular formula is C13H12BrNO3. The Hall–Kier alpha value is -1.75. The van der Waals surface area contributed by atoms with Gasteiger partial charge in [0.1, 0.15) is 12.0 Å². The topological polar surface area (TPSA) is 62.5 Å². The summed E-state index contributed by atoms with van der Waals surface area (Å²) in [6, 6.07) is 7.42. The first kappa shape index (κ1) is 12.7. The van der Waals surface area contributed by atoms with Gasteiger partial charge in [-0.05, 0) is 36.8 Å². The maximum Gasteiger partial charge on any atom is 0.338 e. The number of hydrogen-bond donors (Lipinski definition) is 2. The number of carbonyl (C=O) groups is 1. The van der Waals surface area contributed by atoms with E-state index >= 15 is 0 Å². The number of aromatic carboxylic acids is 1. The van der Waals surface area contributed by atoms with Gasteiger partial charge in [0.2, 0.25) is 0 Å². The van der Waals surface area contributed by atoms with E-state index in [4.69, 9.17) is 9.52 Å². The fourth-order valence-corrected chi connectivity index (χ4v) is 1.78. The van der Waals surface area contributed by atoms with Crippen molar-refractivity contribution in [3.63, 3.8) is 0 Å². The van der Waals surface area contributed by atoms with E-state index in [-0.39, 0.29) is 5.56 Å². The molecule has 2 aromatic rings. The molecular weight excluding hydrogens is 298 g/mol. The summed E-state index contributed by atoms with van der Waals surface area (Å²) < 4.78 is 6.20. The normalized spacial score (nSPS) is 10.3. The fraction of sp³-hybridized carbons (Fsp3) is 0.154. The summed E-state index contributed by atoms with van der Waals surface area (Å²) in [6.45, 7) is 2.46. The van der Waals surface area contributed by atoms with Crippen LogP contribution in [0.5, 0.6) is 0 Å². The van der Waals surface area contributed by atoms with Gasteiger partial charge in [-0.25, -0.2) is 4.79 Å². The Kier molecular flexibility index (Phi) is 3.72. The molecule has 18 heavy (non-hydrogen) atoms. The van der Waals surface area contributed by atoms with Crippen LogP contribution in [0.15, 0.2) is 39.4 Å². The molecule has 0 amide bonds.